The van der Waals surface area contributed by atoms with E-state index in [0.29, 0.717) is 26.2 Å². The third kappa shape index (κ3) is 7.32. The van der Waals surface area contributed by atoms with Crippen molar-refractivity contribution in [3.63, 3.8) is 0 Å². The topological polar surface area (TPSA) is 64.1 Å². The van der Waals surface area contributed by atoms with E-state index in [1.807, 2.05) is 62.4 Å². The second-order valence-corrected chi connectivity index (χ2v) is 11.2. The number of ether oxygens (including phenoxy) is 3. The molecule has 1 aromatic heterocycles. The Hall–Kier alpha value is -3.61. The number of rotatable bonds is 11. The van der Waals surface area contributed by atoms with Crippen LogP contribution in [0.1, 0.15) is 49.9 Å². The number of hydrogen-bond donors (Lipinski definition) is 1. The van der Waals surface area contributed by atoms with E-state index in [1.54, 1.807) is 0 Å². The average molecular weight is 541 g/mol. The van der Waals surface area contributed by atoms with E-state index in [4.69, 9.17) is 19.2 Å². The molecule has 1 saturated heterocycles. The molecular formula is C34H40N2O4. The Morgan fingerprint density at radius 1 is 0.900 bits per heavy atom. The molecule has 1 aliphatic heterocycles. The van der Waals surface area contributed by atoms with Crippen LogP contribution in [-0.4, -0.2) is 41.5 Å². The molecule has 0 bridgehead atoms. The minimum Gasteiger partial charge on any atom is -0.488 e. The van der Waals surface area contributed by atoms with Crippen molar-refractivity contribution in [1.29, 1.82) is 0 Å². The maximum Gasteiger partial charge on any atom is 0.134 e. The molecule has 3 aromatic carbocycles. The van der Waals surface area contributed by atoms with Crippen LogP contribution in [-0.2, 0) is 18.0 Å². The summed E-state index contributed by atoms with van der Waals surface area (Å²) in [6.45, 7) is 9.03. The molecule has 0 radical (unpaired) electrons. The highest BCUT2D eigenvalue weighted by molar-refractivity contribution is 5.86. The van der Waals surface area contributed by atoms with Crippen molar-refractivity contribution in [3.05, 3.63) is 95.7 Å². The number of piperidine rings is 1. The lowest BCUT2D eigenvalue weighted by atomic mass is 10.1. The fourth-order valence-electron chi connectivity index (χ4n) is 5.06. The number of hydrogen-bond acceptors (Lipinski definition) is 6. The molecule has 4 aromatic rings. The molecular weight excluding hydrogens is 500 g/mol. The van der Waals surface area contributed by atoms with Gasteiger partial charge in [0.05, 0.1) is 22.9 Å². The number of para-hydroxylation sites is 1. The lowest BCUT2D eigenvalue weighted by molar-refractivity contribution is -0.00914. The van der Waals surface area contributed by atoms with Gasteiger partial charge < -0.3 is 24.2 Å². The first-order chi connectivity index (χ1) is 19.4. The van der Waals surface area contributed by atoms with Crippen LogP contribution in [0.15, 0.2) is 78.9 Å². The first-order valence-corrected chi connectivity index (χ1v) is 14.2. The van der Waals surface area contributed by atoms with Gasteiger partial charge in [-0.1, -0.05) is 48.5 Å². The van der Waals surface area contributed by atoms with Gasteiger partial charge in [-0.15, -0.1) is 0 Å². The summed E-state index contributed by atoms with van der Waals surface area (Å²) in [6.07, 6.45) is 2.85. The Kier molecular flexibility index (Phi) is 8.88. The predicted octanol–water partition coefficient (Wildman–Crippen LogP) is 6.85. The van der Waals surface area contributed by atoms with E-state index in [9.17, 15) is 5.11 Å². The third-order valence-corrected chi connectivity index (χ3v) is 7.47. The first-order valence-electron chi connectivity index (χ1n) is 14.2. The van der Waals surface area contributed by atoms with Crippen molar-refractivity contribution in [2.45, 2.75) is 65.0 Å². The standard InChI is InChI=1S/C34H40N2O4/c1-25-32(35-31-15-8-7-14-30(31)33(25)40-23-26-10-5-4-6-11-26)24-39-29-13-9-12-27(22-29)36-19-16-28(17-20-36)38-21-18-34(2,3)37/h4-15,22,28,37H,16-21,23-24H2,1-3H3. The molecule has 40 heavy (non-hydrogen) atoms. The summed E-state index contributed by atoms with van der Waals surface area (Å²) in [5, 5.41) is 10.9. The number of benzene rings is 3. The van der Waals surface area contributed by atoms with Crippen LogP contribution in [0, 0.1) is 6.92 Å². The number of aliphatic hydroxyl groups is 1. The van der Waals surface area contributed by atoms with Crippen LogP contribution in [0.2, 0.25) is 0 Å². The van der Waals surface area contributed by atoms with E-state index >= 15 is 0 Å². The second-order valence-electron chi connectivity index (χ2n) is 11.2. The highest BCUT2D eigenvalue weighted by Crippen LogP contribution is 2.32. The molecule has 1 N–H and O–H groups in total. The minimum absolute atomic E-state index is 0.248. The maximum atomic E-state index is 9.91. The quantitative estimate of drug-likeness (QED) is 0.225. The van der Waals surface area contributed by atoms with Crippen molar-refractivity contribution >= 4 is 16.6 Å². The van der Waals surface area contributed by atoms with Crippen LogP contribution in [0.3, 0.4) is 0 Å². The zero-order chi connectivity index (χ0) is 28.0. The van der Waals surface area contributed by atoms with Gasteiger partial charge in [0.25, 0.3) is 0 Å². The van der Waals surface area contributed by atoms with E-state index < -0.39 is 5.60 Å². The number of aromatic nitrogens is 1. The summed E-state index contributed by atoms with van der Waals surface area (Å²) < 4.78 is 18.7. The molecule has 0 aliphatic carbocycles. The first kappa shape index (κ1) is 27.9. The van der Waals surface area contributed by atoms with Gasteiger partial charge in [-0.25, -0.2) is 4.98 Å². The lowest BCUT2D eigenvalue weighted by Gasteiger charge is -2.34. The minimum atomic E-state index is -0.682. The molecule has 0 saturated carbocycles. The van der Waals surface area contributed by atoms with Crippen molar-refractivity contribution in [2.24, 2.45) is 0 Å². The normalized spacial score (nSPS) is 14.4. The molecule has 0 unspecified atom stereocenters. The van der Waals surface area contributed by atoms with Crippen LogP contribution in [0.25, 0.3) is 10.9 Å². The van der Waals surface area contributed by atoms with Crippen molar-refractivity contribution in [1.82, 2.24) is 4.98 Å². The summed E-state index contributed by atoms with van der Waals surface area (Å²) in [4.78, 5) is 7.31. The fourth-order valence-corrected chi connectivity index (χ4v) is 5.06. The van der Waals surface area contributed by atoms with E-state index in [2.05, 4.69) is 42.2 Å². The third-order valence-electron chi connectivity index (χ3n) is 7.47. The summed E-state index contributed by atoms with van der Waals surface area (Å²) >= 11 is 0. The van der Waals surface area contributed by atoms with Crippen molar-refractivity contribution in [3.8, 4) is 11.5 Å². The monoisotopic (exact) mass is 540 g/mol. The van der Waals surface area contributed by atoms with Crippen LogP contribution < -0.4 is 14.4 Å². The predicted molar refractivity (Wildman–Crippen MR) is 160 cm³/mol. The van der Waals surface area contributed by atoms with Crippen molar-refractivity contribution < 1.29 is 19.3 Å². The highest BCUT2D eigenvalue weighted by Gasteiger charge is 2.22. The van der Waals surface area contributed by atoms with Gasteiger partial charge in [0.1, 0.15) is 24.7 Å². The molecule has 1 fully saturated rings. The number of fused-ring (bicyclic) bond motifs is 1. The number of anilines is 1. The Morgan fingerprint density at radius 3 is 2.42 bits per heavy atom. The highest BCUT2D eigenvalue weighted by atomic mass is 16.5. The molecule has 6 nitrogen and oxygen atoms in total. The fraction of sp³-hybridized carbons (Fsp3) is 0.382. The number of pyridine rings is 1. The van der Waals surface area contributed by atoms with Gasteiger partial charge in [0.15, 0.2) is 0 Å². The summed E-state index contributed by atoms with van der Waals surface area (Å²) in [7, 11) is 0. The van der Waals surface area contributed by atoms with E-state index in [-0.39, 0.29) is 6.10 Å². The molecule has 0 spiro atoms. The SMILES string of the molecule is Cc1c(COc2cccc(N3CCC(OCCC(C)(C)O)CC3)c2)nc2ccccc2c1OCc1ccccc1. The Bertz CT molecular complexity index is 1390. The lowest BCUT2D eigenvalue weighted by Crippen LogP contribution is -2.37. The van der Waals surface area contributed by atoms with Gasteiger partial charge in [0, 0.05) is 42.4 Å². The average Bonchev–Trinajstić information content (AvgIpc) is 2.96. The molecule has 0 atom stereocenters. The smallest absolute Gasteiger partial charge is 0.134 e. The summed E-state index contributed by atoms with van der Waals surface area (Å²) in [5.41, 5.74) is 4.37. The summed E-state index contributed by atoms with van der Waals surface area (Å²) in [5.74, 6) is 1.68. The van der Waals surface area contributed by atoms with E-state index in [1.165, 1.54) is 0 Å². The van der Waals surface area contributed by atoms with Crippen LogP contribution >= 0.6 is 0 Å². The molecule has 1 aliphatic rings. The van der Waals surface area contributed by atoms with Gasteiger partial charge in [-0.3, -0.25) is 0 Å². The zero-order valence-corrected chi connectivity index (χ0v) is 23.8. The van der Waals surface area contributed by atoms with E-state index in [0.717, 1.165) is 70.8 Å². The number of nitrogens with zero attached hydrogens (tertiary/aromatic N) is 2. The van der Waals surface area contributed by atoms with Crippen LogP contribution in [0.4, 0.5) is 5.69 Å². The molecule has 210 valence electrons. The Morgan fingerprint density at radius 2 is 1.65 bits per heavy atom. The van der Waals surface area contributed by atoms with Crippen molar-refractivity contribution in [2.75, 3.05) is 24.6 Å². The Labute approximate surface area is 237 Å². The molecule has 6 heteroatoms. The largest absolute Gasteiger partial charge is 0.488 e. The van der Waals surface area contributed by atoms with Gasteiger partial charge in [-0.05, 0) is 69.9 Å². The maximum absolute atomic E-state index is 9.91. The van der Waals surface area contributed by atoms with Gasteiger partial charge in [-0.2, -0.15) is 0 Å². The zero-order valence-electron chi connectivity index (χ0n) is 23.8. The second kappa shape index (κ2) is 12.7. The molecule has 0 amide bonds. The molecule has 2 heterocycles. The van der Waals surface area contributed by atoms with Gasteiger partial charge >= 0.3 is 0 Å². The molecule has 5 rings (SSSR count). The van der Waals surface area contributed by atoms with Gasteiger partial charge in [0.2, 0.25) is 0 Å². The van der Waals surface area contributed by atoms with Crippen LogP contribution in [0.5, 0.6) is 11.5 Å². The summed E-state index contributed by atoms with van der Waals surface area (Å²) in [6, 6.07) is 26.6. The Balaban J connectivity index is 1.23.